The normalized spacial score (nSPS) is 10.2. The molecule has 0 aliphatic heterocycles. The second-order valence-corrected chi connectivity index (χ2v) is 3.21. The number of hydrogen-bond acceptors (Lipinski definition) is 3. The molecule has 0 saturated heterocycles. The van der Waals surface area contributed by atoms with Crippen molar-refractivity contribution >= 4 is 17.1 Å². The predicted molar refractivity (Wildman–Crippen MR) is 57.6 cm³/mol. The van der Waals surface area contributed by atoms with Crippen LogP contribution in [-0.2, 0) is 0 Å². The molecular formula is C12H10O3. The summed E-state index contributed by atoms with van der Waals surface area (Å²) in [5, 5.41) is 11.0. The summed E-state index contributed by atoms with van der Waals surface area (Å²) in [4.78, 5) is 10.9. The maximum Gasteiger partial charge on any atom is 0.150 e. The average Bonchev–Trinajstić information content (AvgIpc) is 2.28. The van der Waals surface area contributed by atoms with Crippen molar-refractivity contribution in [1.82, 2.24) is 0 Å². The van der Waals surface area contributed by atoms with Crippen molar-refractivity contribution in [3.05, 3.63) is 35.9 Å². The molecule has 76 valence electrons. The summed E-state index contributed by atoms with van der Waals surface area (Å²) in [5.41, 5.74) is 0.514. The van der Waals surface area contributed by atoms with Crippen LogP contribution in [0.1, 0.15) is 10.4 Å². The maximum absolute atomic E-state index is 10.9. The molecule has 0 fully saturated rings. The third kappa shape index (κ3) is 1.52. The third-order valence-corrected chi connectivity index (χ3v) is 2.34. The highest BCUT2D eigenvalue weighted by atomic mass is 16.5. The second-order valence-electron chi connectivity index (χ2n) is 3.21. The number of fused-ring (bicyclic) bond motifs is 1. The van der Waals surface area contributed by atoms with Crippen LogP contribution < -0.4 is 4.74 Å². The minimum Gasteiger partial charge on any atom is -0.507 e. The summed E-state index contributed by atoms with van der Waals surface area (Å²) in [5.74, 6) is 0.709. The van der Waals surface area contributed by atoms with Crippen molar-refractivity contribution in [2.45, 2.75) is 0 Å². The van der Waals surface area contributed by atoms with Gasteiger partial charge in [0.1, 0.15) is 11.5 Å². The van der Waals surface area contributed by atoms with Gasteiger partial charge in [-0.05, 0) is 23.6 Å². The standard InChI is InChI=1S/C12H10O3/c1-15-9-5-8(7-13)10-3-2-4-12(14)11(10)6-9/h2-7,14H,1H3. The number of carbonyl (C=O) groups is 1. The summed E-state index contributed by atoms with van der Waals surface area (Å²) < 4.78 is 5.05. The number of ether oxygens (including phenoxy) is 1. The Bertz CT molecular complexity index is 518. The van der Waals surface area contributed by atoms with E-state index in [4.69, 9.17) is 4.74 Å². The van der Waals surface area contributed by atoms with Crippen LogP contribution in [0.15, 0.2) is 30.3 Å². The fraction of sp³-hybridized carbons (Fsp3) is 0.0833. The van der Waals surface area contributed by atoms with E-state index in [1.807, 2.05) is 0 Å². The number of rotatable bonds is 2. The Hall–Kier alpha value is -2.03. The molecular weight excluding hydrogens is 192 g/mol. The first-order valence-corrected chi connectivity index (χ1v) is 4.51. The van der Waals surface area contributed by atoms with Gasteiger partial charge in [0.25, 0.3) is 0 Å². The van der Waals surface area contributed by atoms with Crippen LogP contribution in [0.5, 0.6) is 11.5 Å². The predicted octanol–water partition coefficient (Wildman–Crippen LogP) is 2.37. The Morgan fingerprint density at radius 3 is 2.73 bits per heavy atom. The lowest BCUT2D eigenvalue weighted by Gasteiger charge is -2.06. The molecule has 15 heavy (non-hydrogen) atoms. The SMILES string of the molecule is COc1cc(C=O)c2cccc(O)c2c1. The lowest BCUT2D eigenvalue weighted by Crippen LogP contribution is -1.88. The molecule has 0 aromatic heterocycles. The molecule has 2 aromatic carbocycles. The van der Waals surface area contributed by atoms with E-state index in [1.54, 1.807) is 30.3 Å². The van der Waals surface area contributed by atoms with Gasteiger partial charge < -0.3 is 9.84 Å². The number of hydrogen-bond donors (Lipinski definition) is 1. The van der Waals surface area contributed by atoms with Gasteiger partial charge in [0.15, 0.2) is 6.29 Å². The molecule has 0 spiro atoms. The molecule has 0 atom stereocenters. The van der Waals surface area contributed by atoms with Gasteiger partial charge in [-0.3, -0.25) is 4.79 Å². The maximum atomic E-state index is 10.9. The molecule has 3 nitrogen and oxygen atoms in total. The summed E-state index contributed by atoms with van der Waals surface area (Å²) in [6.45, 7) is 0. The fourth-order valence-electron chi connectivity index (χ4n) is 1.59. The smallest absolute Gasteiger partial charge is 0.150 e. The van der Waals surface area contributed by atoms with Crippen molar-refractivity contribution in [3.63, 3.8) is 0 Å². The zero-order valence-corrected chi connectivity index (χ0v) is 8.23. The first-order chi connectivity index (χ1) is 7.26. The van der Waals surface area contributed by atoms with Crippen LogP contribution in [0, 0.1) is 0 Å². The van der Waals surface area contributed by atoms with Crippen LogP contribution in [0.25, 0.3) is 10.8 Å². The summed E-state index contributed by atoms with van der Waals surface area (Å²) >= 11 is 0. The molecule has 0 saturated carbocycles. The van der Waals surface area contributed by atoms with Gasteiger partial charge in [-0.2, -0.15) is 0 Å². The van der Waals surface area contributed by atoms with Crippen molar-refractivity contribution < 1.29 is 14.6 Å². The van der Waals surface area contributed by atoms with E-state index in [1.165, 1.54) is 7.11 Å². The lowest BCUT2D eigenvalue weighted by molar-refractivity contribution is 0.112. The van der Waals surface area contributed by atoms with E-state index in [0.717, 1.165) is 11.7 Å². The number of phenols is 1. The number of phenolic OH excluding ortho intramolecular Hbond substituents is 1. The number of aldehydes is 1. The molecule has 0 aliphatic carbocycles. The van der Waals surface area contributed by atoms with E-state index in [2.05, 4.69) is 0 Å². The Morgan fingerprint density at radius 1 is 1.27 bits per heavy atom. The van der Waals surface area contributed by atoms with E-state index >= 15 is 0 Å². The van der Waals surface area contributed by atoms with Gasteiger partial charge in [-0.1, -0.05) is 12.1 Å². The molecule has 0 unspecified atom stereocenters. The van der Waals surface area contributed by atoms with Gasteiger partial charge in [0.05, 0.1) is 7.11 Å². The molecule has 3 heteroatoms. The number of benzene rings is 2. The third-order valence-electron chi connectivity index (χ3n) is 2.34. The average molecular weight is 202 g/mol. The number of carbonyl (C=O) groups excluding carboxylic acids is 1. The summed E-state index contributed by atoms with van der Waals surface area (Å²) in [6.07, 6.45) is 0.754. The first kappa shape index (κ1) is 9.52. The van der Waals surface area contributed by atoms with Gasteiger partial charge in [0.2, 0.25) is 0 Å². The molecule has 0 aliphatic rings. The molecule has 2 rings (SSSR count). The summed E-state index contributed by atoms with van der Waals surface area (Å²) in [6, 6.07) is 8.43. The number of aromatic hydroxyl groups is 1. The molecule has 1 N–H and O–H groups in total. The van der Waals surface area contributed by atoms with E-state index in [9.17, 15) is 9.90 Å². The number of methoxy groups -OCH3 is 1. The minimum absolute atomic E-state index is 0.148. The first-order valence-electron chi connectivity index (χ1n) is 4.51. The van der Waals surface area contributed by atoms with E-state index < -0.39 is 0 Å². The minimum atomic E-state index is 0.148. The van der Waals surface area contributed by atoms with Gasteiger partial charge in [-0.25, -0.2) is 0 Å². The Kier molecular flexibility index (Phi) is 2.29. The highest BCUT2D eigenvalue weighted by Crippen LogP contribution is 2.30. The van der Waals surface area contributed by atoms with E-state index in [0.29, 0.717) is 16.7 Å². The lowest BCUT2D eigenvalue weighted by atomic mass is 10.0. The van der Waals surface area contributed by atoms with Crippen LogP contribution in [-0.4, -0.2) is 18.5 Å². The zero-order valence-electron chi connectivity index (χ0n) is 8.23. The molecule has 0 heterocycles. The monoisotopic (exact) mass is 202 g/mol. The Balaban J connectivity index is 2.86. The van der Waals surface area contributed by atoms with Crippen molar-refractivity contribution in [2.75, 3.05) is 7.11 Å². The van der Waals surface area contributed by atoms with Crippen LogP contribution in [0.4, 0.5) is 0 Å². The van der Waals surface area contributed by atoms with Crippen LogP contribution in [0.2, 0.25) is 0 Å². The molecule has 0 bridgehead atoms. The zero-order chi connectivity index (χ0) is 10.8. The fourth-order valence-corrected chi connectivity index (χ4v) is 1.59. The van der Waals surface area contributed by atoms with Crippen molar-refractivity contribution in [2.24, 2.45) is 0 Å². The van der Waals surface area contributed by atoms with Crippen LogP contribution >= 0.6 is 0 Å². The Labute approximate surface area is 86.9 Å². The highest BCUT2D eigenvalue weighted by Gasteiger charge is 2.06. The molecule has 0 amide bonds. The largest absolute Gasteiger partial charge is 0.507 e. The quantitative estimate of drug-likeness (QED) is 0.760. The van der Waals surface area contributed by atoms with Crippen molar-refractivity contribution in [3.8, 4) is 11.5 Å². The van der Waals surface area contributed by atoms with Crippen LogP contribution in [0.3, 0.4) is 0 Å². The van der Waals surface area contributed by atoms with Crippen molar-refractivity contribution in [1.29, 1.82) is 0 Å². The topological polar surface area (TPSA) is 46.5 Å². The molecule has 0 radical (unpaired) electrons. The molecule has 2 aromatic rings. The Morgan fingerprint density at radius 2 is 2.07 bits per heavy atom. The second kappa shape index (κ2) is 3.61. The van der Waals surface area contributed by atoms with Gasteiger partial charge in [-0.15, -0.1) is 0 Å². The van der Waals surface area contributed by atoms with E-state index in [-0.39, 0.29) is 5.75 Å². The van der Waals surface area contributed by atoms with Gasteiger partial charge >= 0.3 is 0 Å². The summed E-state index contributed by atoms with van der Waals surface area (Å²) in [7, 11) is 1.52. The highest BCUT2D eigenvalue weighted by molar-refractivity contribution is 6.01. The van der Waals surface area contributed by atoms with Gasteiger partial charge in [0, 0.05) is 10.9 Å².